The Labute approximate surface area is 249 Å². The van der Waals surface area contributed by atoms with Gasteiger partial charge in [-0.1, -0.05) is 142 Å². The Balaban J connectivity index is 3.55. The predicted molar refractivity (Wildman–Crippen MR) is 172 cm³/mol. The number of carbonyl (C=O) groups excluding carboxylic acids is 1. The molecule has 0 saturated heterocycles. The first-order valence-corrected chi connectivity index (χ1v) is 17.7. The van der Waals surface area contributed by atoms with Crippen molar-refractivity contribution in [2.45, 2.75) is 206 Å². The van der Waals surface area contributed by atoms with E-state index in [2.05, 4.69) is 26.0 Å². The lowest BCUT2D eigenvalue weighted by atomic mass is 10.0. The molecule has 0 aromatic heterocycles. The van der Waals surface area contributed by atoms with Gasteiger partial charge in [-0.3, -0.25) is 9.59 Å². The molecule has 0 bridgehead atoms. The van der Waals surface area contributed by atoms with Crippen molar-refractivity contribution in [3.8, 4) is 0 Å². The summed E-state index contributed by atoms with van der Waals surface area (Å²) in [6, 6.07) is 0. The van der Waals surface area contributed by atoms with Gasteiger partial charge in [0.05, 0.1) is 0 Å². The normalized spacial score (nSPS) is 12.2. The van der Waals surface area contributed by atoms with E-state index in [0.717, 1.165) is 44.9 Å². The van der Waals surface area contributed by atoms with Crippen molar-refractivity contribution in [1.29, 1.82) is 0 Å². The first-order valence-electron chi connectivity index (χ1n) is 17.7. The van der Waals surface area contributed by atoms with Gasteiger partial charge in [0.25, 0.3) is 0 Å². The lowest BCUT2D eigenvalue weighted by Gasteiger charge is -2.17. The van der Waals surface area contributed by atoms with Gasteiger partial charge in [0, 0.05) is 12.8 Å². The van der Waals surface area contributed by atoms with E-state index < -0.39 is 5.97 Å². The highest BCUT2D eigenvalue weighted by molar-refractivity contribution is 5.69. The zero-order valence-corrected chi connectivity index (χ0v) is 26.9. The minimum Gasteiger partial charge on any atom is -0.481 e. The molecule has 0 aromatic carbocycles. The van der Waals surface area contributed by atoms with Crippen molar-refractivity contribution in [2.24, 2.45) is 0 Å². The molecule has 0 radical (unpaired) electrons. The Morgan fingerprint density at radius 3 is 1.43 bits per heavy atom. The molecule has 0 aromatic rings. The second-order valence-corrected chi connectivity index (χ2v) is 12.1. The quantitative estimate of drug-likeness (QED) is 0.0501. The van der Waals surface area contributed by atoms with E-state index in [1.807, 2.05) is 0 Å². The molecule has 0 saturated carbocycles. The van der Waals surface area contributed by atoms with Crippen LogP contribution in [-0.2, 0) is 14.3 Å². The predicted octanol–water partition coefficient (Wildman–Crippen LogP) is 11.9. The van der Waals surface area contributed by atoms with Gasteiger partial charge < -0.3 is 9.84 Å². The van der Waals surface area contributed by atoms with Crippen molar-refractivity contribution >= 4 is 11.9 Å². The number of unbranched alkanes of at least 4 members (excludes halogenated alkanes) is 21. The number of ether oxygens (including phenoxy) is 1. The van der Waals surface area contributed by atoms with Gasteiger partial charge in [0.2, 0.25) is 0 Å². The van der Waals surface area contributed by atoms with Crippen LogP contribution in [0.15, 0.2) is 12.2 Å². The Morgan fingerprint density at radius 2 is 0.950 bits per heavy atom. The fourth-order valence-corrected chi connectivity index (χ4v) is 5.41. The SMILES string of the molecule is CCCCCC/C=C\CCCCCCCC(=O)OC(CCC)CCCCCCCCCCCCCCCC(=O)O. The lowest BCUT2D eigenvalue weighted by molar-refractivity contribution is -0.150. The zero-order chi connectivity index (χ0) is 29.4. The highest BCUT2D eigenvalue weighted by atomic mass is 16.5. The van der Waals surface area contributed by atoms with Gasteiger partial charge in [0.15, 0.2) is 0 Å². The van der Waals surface area contributed by atoms with Gasteiger partial charge in [0.1, 0.15) is 6.10 Å². The summed E-state index contributed by atoms with van der Waals surface area (Å²) in [5.41, 5.74) is 0. The number of hydrogen-bond donors (Lipinski definition) is 1. The van der Waals surface area contributed by atoms with E-state index in [1.54, 1.807) is 0 Å². The zero-order valence-electron chi connectivity index (χ0n) is 26.9. The molecule has 236 valence electrons. The van der Waals surface area contributed by atoms with Gasteiger partial charge in [-0.05, 0) is 57.8 Å². The van der Waals surface area contributed by atoms with Crippen LogP contribution in [0.1, 0.15) is 200 Å². The third-order valence-corrected chi connectivity index (χ3v) is 7.97. The van der Waals surface area contributed by atoms with Gasteiger partial charge in [-0.25, -0.2) is 0 Å². The number of aliphatic carboxylic acids is 1. The van der Waals surface area contributed by atoms with Gasteiger partial charge in [-0.15, -0.1) is 0 Å². The molecule has 0 spiro atoms. The van der Waals surface area contributed by atoms with Crippen LogP contribution in [0.25, 0.3) is 0 Å². The standard InChI is InChI=1S/C36H68O4/c1-3-5-6-7-8-9-10-12-17-20-23-26-29-33-36(39)40-34(30-4-2)31-27-24-21-18-15-13-11-14-16-19-22-25-28-32-35(37)38/h9-10,34H,3-8,11-33H2,1-2H3,(H,37,38)/b10-9-. The topological polar surface area (TPSA) is 63.6 Å². The highest BCUT2D eigenvalue weighted by Gasteiger charge is 2.13. The largest absolute Gasteiger partial charge is 0.481 e. The molecular formula is C36H68O4. The molecule has 4 nitrogen and oxygen atoms in total. The second-order valence-electron chi connectivity index (χ2n) is 12.1. The Morgan fingerprint density at radius 1 is 0.525 bits per heavy atom. The summed E-state index contributed by atoms with van der Waals surface area (Å²) in [7, 11) is 0. The van der Waals surface area contributed by atoms with E-state index in [4.69, 9.17) is 9.84 Å². The van der Waals surface area contributed by atoms with E-state index in [9.17, 15) is 9.59 Å². The molecule has 0 fully saturated rings. The minimum atomic E-state index is -0.668. The number of esters is 1. The summed E-state index contributed by atoms with van der Waals surface area (Å²) in [6.45, 7) is 4.44. The van der Waals surface area contributed by atoms with Crippen LogP contribution in [0.5, 0.6) is 0 Å². The van der Waals surface area contributed by atoms with Crippen LogP contribution in [0.2, 0.25) is 0 Å². The molecule has 1 unspecified atom stereocenters. The molecule has 40 heavy (non-hydrogen) atoms. The van der Waals surface area contributed by atoms with Crippen LogP contribution < -0.4 is 0 Å². The summed E-state index contributed by atoms with van der Waals surface area (Å²) in [5, 5.41) is 8.65. The van der Waals surface area contributed by atoms with E-state index in [1.165, 1.54) is 128 Å². The summed E-state index contributed by atoms with van der Waals surface area (Å²) in [6.07, 6.45) is 38.5. The molecule has 1 atom stereocenters. The average molecular weight is 565 g/mol. The molecule has 0 aliphatic heterocycles. The third kappa shape index (κ3) is 31.2. The van der Waals surface area contributed by atoms with Crippen molar-refractivity contribution in [1.82, 2.24) is 0 Å². The summed E-state index contributed by atoms with van der Waals surface area (Å²) < 4.78 is 5.85. The number of carbonyl (C=O) groups is 2. The van der Waals surface area contributed by atoms with Crippen LogP contribution >= 0.6 is 0 Å². The number of carboxylic acids is 1. The highest BCUT2D eigenvalue weighted by Crippen LogP contribution is 2.17. The first-order chi connectivity index (χ1) is 19.6. The monoisotopic (exact) mass is 565 g/mol. The summed E-state index contributed by atoms with van der Waals surface area (Å²) >= 11 is 0. The number of carboxylic acid groups (broad SMARTS) is 1. The molecule has 0 rings (SSSR count). The van der Waals surface area contributed by atoms with E-state index in [0.29, 0.717) is 12.8 Å². The van der Waals surface area contributed by atoms with E-state index >= 15 is 0 Å². The lowest BCUT2D eigenvalue weighted by Crippen LogP contribution is -2.18. The van der Waals surface area contributed by atoms with Crippen LogP contribution in [0, 0.1) is 0 Å². The molecular weight excluding hydrogens is 496 g/mol. The molecule has 4 heteroatoms. The number of allylic oxidation sites excluding steroid dienone is 2. The number of rotatable bonds is 32. The Hall–Kier alpha value is -1.32. The first kappa shape index (κ1) is 38.7. The van der Waals surface area contributed by atoms with Crippen LogP contribution in [0.4, 0.5) is 0 Å². The van der Waals surface area contributed by atoms with E-state index in [-0.39, 0.29) is 12.1 Å². The molecule has 1 N–H and O–H groups in total. The van der Waals surface area contributed by atoms with Gasteiger partial charge >= 0.3 is 11.9 Å². The van der Waals surface area contributed by atoms with Crippen molar-refractivity contribution < 1.29 is 19.4 Å². The summed E-state index contributed by atoms with van der Waals surface area (Å²) in [4.78, 5) is 22.8. The van der Waals surface area contributed by atoms with Crippen molar-refractivity contribution in [2.75, 3.05) is 0 Å². The fraction of sp³-hybridized carbons (Fsp3) is 0.889. The minimum absolute atomic E-state index is 0.0183. The van der Waals surface area contributed by atoms with Crippen LogP contribution in [0.3, 0.4) is 0 Å². The maximum absolute atomic E-state index is 12.3. The average Bonchev–Trinajstić information content (AvgIpc) is 2.93. The summed E-state index contributed by atoms with van der Waals surface area (Å²) in [5.74, 6) is -0.650. The second kappa shape index (κ2) is 32.2. The Kier molecular flexibility index (Phi) is 31.1. The smallest absolute Gasteiger partial charge is 0.306 e. The molecule has 0 amide bonds. The maximum atomic E-state index is 12.3. The van der Waals surface area contributed by atoms with Crippen LogP contribution in [-0.4, -0.2) is 23.1 Å². The van der Waals surface area contributed by atoms with Gasteiger partial charge in [-0.2, -0.15) is 0 Å². The molecule has 0 aliphatic carbocycles. The fourth-order valence-electron chi connectivity index (χ4n) is 5.41. The molecule has 0 aliphatic rings. The maximum Gasteiger partial charge on any atom is 0.306 e. The third-order valence-electron chi connectivity index (χ3n) is 7.97. The Bertz CT molecular complexity index is 571. The number of hydrogen-bond acceptors (Lipinski definition) is 3. The van der Waals surface area contributed by atoms with Crippen molar-refractivity contribution in [3.63, 3.8) is 0 Å². The molecule has 0 heterocycles. The van der Waals surface area contributed by atoms with Crippen molar-refractivity contribution in [3.05, 3.63) is 12.2 Å².